The molecule has 0 saturated heterocycles. The van der Waals surface area contributed by atoms with Crippen LogP contribution in [0.5, 0.6) is 0 Å². The Morgan fingerprint density at radius 2 is 1.89 bits per heavy atom. The summed E-state index contributed by atoms with van der Waals surface area (Å²) >= 11 is 17.8. The Morgan fingerprint density at radius 1 is 1.37 bits per heavy atom. The van der Waals surface area contributed by atoms with E-state index < -0.39 is 9.75 Å². The van der Waals surface area contributed by atoms with E-state index in [0.717, 1.165) is 12.0 Å². The number of amides is 1. The Labute approximate surface area is 128 Å². The molecule has 0 aliphatic heterocycles. The van der Waals surface area contributed by atoms with E-state index in [1.807, 2.05) is 31.2 Å². The summed E-state index contributed by atoms with van der Waals surface area (Å²) in [5.74, 6) is -0.0843. The fourth-order valence-corrected chi connectivity index (χ4v) is 2.89. The zero-order chi connectivity index (χ0) is 14.3. The van der Waals surface area contributed by atoms with Crippen molar-refractivity contribution in [3.8, 4) is 0 Å². The Morgan fingerprint density at radius 3 is 2.37 bits per heavy atom. The molecule has 1 fully saturated rings. The second-order valence-corrected chi connectivity index (χ2v) is 7.34. The molecule has 2 rings (SSSR count). The van der Waals surface area contributed by atoms with E-state index in [9.17, 15) is 4.79 Å². The fourth-order valence-electron chi connectivity index (χ4n) is 2.05. The molecule has 1 aliphatic carbocycles. The van der Waals surface area contributed by atoms with E-state index >= 15 is 0 Å². The van der Waals surface area contributed by atoms with Gasteiger partial charge < -0.3 is 5.32 Å². The Balaban J connectivity index is 1.90. The summed E-state index contributed by atoms with van der Waals surface area (Å²) in [5, 5.41) is 3.67. The molecule has 1 amide bonds. The van der Waals surface area contributed by atoms with Gasteiger partial charge in [-0.15, -0.1) is 23.2 Å². The molecule has 0 unspecified atom stereocenters. The minimum Gasteiger partial charge on any atom is -0.353 e. The van der Waals surface area contributed by atoms with Gasteiger partial charge in [-0.25, -0.2) is 0 Å². The van der Waals surface area contributed by atoms with E-state index in [-0.39, 0.29) is 11.9 Å². The van der Waals surface area contributed by atoms with E-state index in [4.69, 9.17) is 34.8 Å². The maximum atomic E-state index is 12.1. The molecule has 104 valence electrons. The molecule has 5 heteroatoms. The van der Waals surface area contributed by atoms with Crippen LogP contribution in [0.15, 0.2) is 24.3 Å². The van der Waals surface area contributed by atoms with Crippen molar-refractivity contribution in [3.05, 3.63) is 34.9 Å². The molecule has 0 spiro atoms. The summed E-state index contributed by atoms with van der Waals surface area (Å²) in [7, 11) is 0. The van der Waals surface area contributed by atoms with Crippen molar-refractivity contribution in [2.24, 2.45) is 5.41 Å². The third kappa shape index (κ3) is 3.18. The van der Waals surface area contributed by atoms with Crippen molar-refractivity contribution in [1.82, 2.24) is 5.32 Å². The predicted molar refractivity (Wildman–Crippen MR) is 79.9 cm³/mol. The third-order valence-corrected chi connectivity index (χ3v) is 4.95. The first-order valence-corrected chi connectivity index (χ1v) is 7.31. The van der Waals surface area contributed by atoms with Gasteiger partial charge in [0.1, 0.15) is 4.33 Å². The summed E-state index contributed by atoms with van der Waals surface area (Å²) in [4.78, 5) is 12.1. The van der Waals surface area contributed by atoms with Gasteiger partial charge in [-0.05, 0) is 44.4 Å². The fraction of sp³-hybridized carbons (Fsp3) is 0.500. The van der Waals surface area contributed by atoms with Crippen molar-refractivity contribution in [1.29, 1.82) is 0 Å². The average molecular weight is 321 g/mol. The lowest BCUT2D eigenvalue weighted by Gasteiger charge is -2.18. The highest BCUT2D eigenvalue weighted by Crippen LogP contribution is 2.63. The molecule has 2 nitrogen and oxygen atoms in total. The normalized spacial score (nSPS) is 25.7. The largest absolute Gasteiger partial charge is 0.353 e. The maximum Gasteiger partial charge on any atom is 0.229 e. The van der Waals surface area contributed by atoms with Crippen LogP contribution < -0.4 is 5.32 Å². The number of alkyl halides is 2. The third-order valence-electron chi connectivity index (χ3n) is 3.59. The Bertz CT molecular complexity index is 486. The van der Waals surface area contributed by atoms with Crippen LogP contribution in [0.3, 0.4) is 0 Å². The zero-order valence-electron chi connectivity index (χ0n) is 10.8. The lowest BCUT2D eigenvalue weighted by atomic mass is 10.0. The van der Waals surface area contributed by atoms with Gasteiger partial charge in [-0.1, -0.05) is 23.7 Å². The molecule has 1 aromatic rings. The van der Waals surface area contributed by atoms with Crippen LogP contribution in [-0.2, 0) is 11.2 Å². The first-order chi connectivity index (χ1) is 8.74. The topological polar surface area (TPSA) is 29.1 Å². The SMILES string of the molecule is C[C@H](Cc1ccc(Cl)cc1)NC(=O)[C@]1(C)CC1(Cl)Cl. The molecular formula is C14H16Cl3NO. The molecule has 0 aromatic heterocycles. The first kappa shape index (κ1) is 15.0. The lowest BCUT2D eigenvalue weighted by Crippen LogP contribution is -2.40. The van der Waals surface area contributed by atoms with E-state index in [2.05, 4.69) is 5.32 Å². The van der Waals surface area contributed by atoms with E-state index in [1.54, 1.807) is 6.92 Å². The number of rotatable bonds is 4. The number of hydrogen-bond donors (Lipinski definition) is 1. The summed E-state index contributed by atoms with van der Waals surface area (Å²) in [6.45, 7) is 3.75. The molecular weight excluding hydrogens is 305 g/mol. The quantitative estimate of drug-likeness (QED) is 0.836. The predicted octanol–water partition coefficient (Wildman–Crippen LogP) is 3.97. The van der Waals surface area contributed by atoms with Crippen molar-refractivity contribution in [2.45, 2.75) is 37.1 Å². The van der Waals surface area contributed by atoms with Crippen molar-refractivity contribution in [3.63, 3.8) is 0 Å². The molecule has 0 radical (unpaired) electrons. The van der Waals surface area contributed by atoms with Crippen LogP contribution >= 0.6 is 34.8 Å². The van der Waals surface area contributed by atoms with Crippen molar-refractivity contribution in [2.75, 3.05) is 0 Å². The molecule has 2 atom stereocenters. The number of carbonyl (C=O) groups is 1. The Hall–Kier alpha value is -0.440. The number of benzene rings is 1. The van der Waals surface area contributed by atoms with Gasteiger partial charge in [0.05, 0.1) is 5.41 Å². The van der Waals surface area contributed by atoms with Crippen molar-refractivity contribution < 1.29 is 4.79 Å². The molecule has 1 aliphatic rings. The van der Waals surface area contributed by atoms with Crippen LogP contribution in [0.2, 0.25) is 5.02 Å². The monoisotopic (exact) mass is 319 g/mol. The van der Waals surface area contributed by atoms with Crippen LogP contribution in [0, 0.1) is 5.41 Å². The summed E-state index contributed by atoms with van der Waals surface area (Å²) < 4.78 is -0.920. The molecule has 1 saturated carbocycles. The van der Waals surface area contributed by atoms with Gasteiger partial charge in [0.25, 0.3) is 0 Å². The highest BCUT2D eigenvalue weighted by Gasteiger charge is 2.67. The minimum absolute atomic E-state index is 0.0234. The second kappa shape index (κ2) is 5.16. The molecule has 19 heavy (non-hydrogen) atoms. The standard InChI is InChI=1S/C14H16Cl3NO/c1-9(7-10-3-5-11(15)6-4-10)18-12(19)13(2)8-14(13,16)17/h3-6,9H,7-8H2,1-2H3,(H,18,19)/t9-,13+/m1/s1. The number of carbonyl (C=O) groups excluding carboxylic acids is 1. The summed E-state index contributed by atoms with van der Waals surface area (Å²) in [5.41, 5.74) is 0.464. The van der Waals surface area contributed by atoms with Crippen LogP contribution in [-0.4, -0.2) is 16.3 Å². The molecule has 0 heterocycles. The second-order valence-electron chi connectivity index (χ2n) is 5.42. The van der Waals surface area contributed by atoms with Gasteiger partial charge in [-0.2, -0.15) is 0 Å². The zero-order valence-corrected chi connectivity index (χ0v) is 13.1. The number of halogens is 3. The first-order valence-electron chi connectivity index (χ1n) is 6.18. The van der Waals surface area contributed by atoms with Gasteiger partial charge >= 0.3 is 0 Å². The van der Waals surface area contributed by atoms with Gasteiger partial charge in [-0.3, -0.25) is 4.79 Å². The highest BCUT2D eigenvalue weighted by atomic mass is 35.5. The lowest BCUT2D eigenvalue weighted by molar-refractivity contribution is -0.126. The summed E-state index contributed by atoms with van der Waals surface area (Å²) in [6, 6.07) is 7.62. The maximum absolute atomic E-state index is 12.1. The molecule has 1 N–H and O–H groups in total. The smallest absolute Gasteiger partial charge is 0.229 e. The minimum atomic E-state index is -0.920. The van der Waals surface area contributed by atoms with Crippen LogP contribution in [0.25, 0.3) is 0 Å². The summed E-state index contributed by atoms with van der Waals surface area (Å²) in [6.07, 6.45) is 1.25. The molecule has 1 aromatic carbocycles. The van der Waals surface area contributed by atoms with Gasteiger partial charge in [0.15, 0.2) is 0 Å². The molecule has 0 bridgehead atoms. The average Bonchev–Trinajstić information content (AvgIpc) is 2.83. The Kier molecular flexibility index (Phi) is 4.06. The van der Waals surface area contributed by atoms with E-state index in [0.29, 0.717) is 11.4 Å². The highest BCUT2D eigenvalue weighted by molar-refractivity contribution is 6.53. The van der Waals surface area contributed by atoms with Crippen molar-refractivity contribution >= 4 is 40.7 Å². The van der Waals surface area contributed by atoms with Crippen LogP contribution in [0.4, 0.5) is 0 Å². The van der Waals surface area contributed by atoms with Gasteiger partial charge in [0.2, 0.25) is 5.91 Å². The van der Waals surface area contributed by atoms with Crippen LogP contribution in [0.1, 0.15) is 25.8 Å². The number of nitrogens with one attached hydrogen (secondary N) is 1. The van der Waals surface area contributed by atoms with Gasteiger partial charge in [0, 0.05) is 11.1 Å². The van der Waals surface area contributed by atoms with E-state index in [1.165, 1.54) is 0 Å². The number of hydrogen-bond acceptors (Lipinski definition) is 1.